The van der Waals surface area contributed by atoms with Crippen molar-refractivity contribution in [2.45, 2.75) is 51.2 Å². The number of halogens is 2. The van der Waals surface area contributed by atoms with Gasteiger partial charge in [0.05, 0.1) is 31.4 Å². The molecule has 0 fully saturated rings. The number of carbonyl (C=O) groups excluding carboxylic acids is 2. The average molecular weight is 667 g/mol. The lowest BCUT2D eigenvalue weighted by Crippen LogP contribution is -2.52. The minimum absolute atomic E-state index is 0.0744. The van der Waals surface area contributed by atoms with Crippen LogP contribution in [-0.4, -0.2) is 64.6 Å². The summed E-state index contributed by atoms with van der Waals surface area (Å²) in [5, 5.41) is 3.52. The van der Waals surface area contributed by atoms with Crippen LogP contribution >= 0.6 is 23.2 Å². The molecule has 0 saturated carbocycles. The van der Waals surface area contributed by atoms with Gasteiger partial charge in [-0.1, -0.05) is 29.3 Å². The molecule has 2 amide bonds. The van der Waals surface area contributed by atoms with Gasteiger partial charge in [-0.05, 0) is 81.8 Å². The van der Waals surface area contributed by atoms with E-state index >= 15 is 0 Å². The van der Waals surface area contributed by atoms with Crippen LogP contribution in [-0.2, 0) is 26.2 Å². The van der Waals surface area contributed by atoms with Gasteiger partial charge in [0.25, 0.3) is 10.0 Å². The second kappa shape index (κ2) is 15.4. The molecule has 0 aliphatic carbocycles. The van der Waals surface area contributed by atoms with Crippen molar-refractivity contribution in [2.24, 2.45) is 0 Å². The van der Waals surface area contributed by atoms with Crippen LogP contribution in [0.5, 0.6) is 17.2 Å². The van der Waals surface area contributed by atoms with Gasteiger partial charge in [-0.3, -0.25) is 13.9 Å². The molecule has 44 heavy (non-hydrogen) atoms. The fourth-order valence-electron chi connectivity index (χ4n) is 4.33. The third kappa shape index (κ3) is 8.49. The number of benzene rings is 3. The maximum Gasteiger partial charge on any atom is 0.264 e. The number of rotatable bonds is 14. The van der Waals surface area contributed by atoms with Gasteiger partial charge >= 0.3 is 0 Å². The zero-order valence-corrected chi connectivity index (χ0v) is 27.8. The Kier molecular flexibility index (Phi) is 12.2. The summed E-state index contributed by atoms with van der Waals surface area (Å²) in [5.41, 5.74) is 0.740. The van der Waals surface area contributed by atoms with Crippen molar-refractivity contribution in [1.29, 1.82) is 0 Å². The lowest BCUT2D eigenvalue weighted by atomic mass is 10.1. The second-order valence-electron chi connectivity index (χ2n) is 10.1. The van der Waals surface area contributed by atoms with E-state index in [1.807, 2.05) is 6.92 Å². The number of sulfonamides is 1. The summed E-state index contributed by atoms with van der Waals surface area (Å²) in [4.78, 5) is 28.4. The zero-order valence-electron chi connectivity index (χ0n) is 25.5. The van der Waals surface area contributed by atoms with E-state index in [9.17, 15) is 18.0 Å². The molecule has 0 aliphatic heterocycles. The Bertz CT molecular complexity index is 1570. The molecule has 0 aromatic heterocycles. The topological polar surface area (TPSA) is 114 Å². The molecule has 3 rings (SSSR count). The lowest BCUT2D eigenvalue weighted by Gasteiger charge is -2.32. The highest BCUT2D eigenvalue weighted by atomic mass is 35.5. The highest BCUT2D eigenvalue weighted by Gasteiger charge is 2.33. The Morgan fingerprint density at radius 3 is 2.14 bits per heavy atom. The first-order valence-electron chi connectivity index (χ1n) is 13.8. The molecule has 1 atom stereocenters. The number of nitrogens with zero attached hydrogens (tertiary/aromatic N) is 2. The van der Waals surface area contributed by atoms with Gasteiger partial charge < -0.3 is 24.4 Å². The molecule has 3 aromatic carbocycles. The lowest BCUT2D eigenvalue weighted by molar-refractivity contribution is -0.139. The number of hydrogen-bond acceptors (Lipinski definition) is 7. The van der Waals surface area contributed by atoms with Crippen molar-refractivity contribution in [3.63, 3.8) is 0 Å². The third-order valence-electron chi connectivity index (χ3n) is 6.61. The summed E-state index contributed by atoms with van der Waals surface area (Å²) < 4.78 is 45.5. The molecule has 1 N–H and O–H groups in total. The van der Waals surface area contributed by atoms with Crippen LogP contribution < -0.4 is 23.8 Å². The molecule has 10 nitrogen and oxygen atoms in total. The molecule has 13 heteroatoms. The largest absolute Gasteiger partial charge is 0.494 e. The minimum atomic E-state index is -4.35. The molecule has 0 bridgehead atoms. The SMILES string of the molecule is CCOc1ccc(N(CC(=O)N(Cc2ccc(Cl)cc2Cl)[C@@H](C)C(=O)NC(C)C)S(=O)(=O)c2ccc(OC)c(OC)c2)cc1. The Balaban J connectivity index is 2.10. The first kappa shape index (κ1) is 34.8. The molecule has 0 radical (unpaired) electrons. The summed E-state index contributed by atoms with van der Waals surface area (Å²) in [7, 11) is -1.52. The number of ether oxygens (including phenoxy) is 3. The maximum atomic E-state index is 14.2. The van der Waals surface area contributed by atoms with E-state index in [2.05, 4.69) is 5.32 Å². The minimum Gasteiger partial charge on any atom is -0.494 e. The molecule has 0 spiro atoms. The van der Waals surface area contributed by atoms with Crippen LogP contribution in [0.3, 0.4) is 0 Å². The van der Waals surface area contributed by atoms with Gasteiger partial charge in [0.15, 0.2) is 11.5 Å². The fraction of sp³-hybridized carbons (Fsp3) is 0.355. The highest BCUT2D eigenvalue weighted by molar-refractivity contribution is 7.92. The van der Waals surface area contributed by atoms with Crippen LogP contribution in [0.25, 0.3) is 0 Å². The van der Waals surface area contributed by atoms with Crippen molar-refractivity contribution < 1.29 is 32.2 Å². The standard InChI is InChI=1S/C31H37Cl2N3O7S/c1-7-43-25-12-10-24(11-13-25)36(44(39,40)26-14-15-28(41-5)29(17-26)42-6)19-30(37)35(21(4)31(38)34-20(2)3)18-22-8-9-23(32)16-27(22)33/h8-17,20-21H,7,18-19H2,1-6H3,(H,34,38)/t21-/m0/s1. The second-order valence-corrected chi connectivity index (χ2v) is 12.8. The molecule has 0 saturated heterocycles. The van der Waals surface area contributed by atoms with Crippen LogP contribution in [0.2, 0.25) is 10.0 Å². The summed E-state index contributed by atoms with van der Waals surface area (Å²) in [6, 6.07) is 14.1. The molecule has 238 valence electrons. The first-order chi connectivity index (χ1) is 20.8. The summed E-state index contributed by atoms with van der Waals surface area (Å²) in [5.74, 6) is 0.0221. The molecule has 0 heterocycles. The predicted octanol–water partition coefficient (Wildman–Crippen LogP) is 5.55. The van der Waals surface area contributed by atoms with Crippen molar-refractivity contribution >= 4 is 50.7 Å². The van der Waals surface area contributed by atoms with Gasteiger partial charge in [0.2, 0.25) is 11.8 Å². The third-order valence-corrected chi connectivity index (χ3v) is 8.97. The molecular weight excluding hydrogens is 629 g/mol. The predicted molar refractivity (Wildman–Crippen MR) is 171 cm³/mol. The number of amides is 2. The Morgan fingerprint density at radius 2 is 1.57 bits per heavy atom. The van der Waals surface area contributed by atoms with Crippen LogP contribution in [0.4, 0.5) is 5.69 Å². The summed E-state index contributed by atoms with van der Waals surface area (Å²) in [6.45, 7) is 6.72. The van der Waals surface area contributed by atoms with E-state index in [0.29, 0.717) is 33.7 Å². The summed E-state index contributed by atoms with van der Waals surface area (Å²) >= 11 is 12.5. The Labute approximate surface area is 268 Å². The summed E-state index contributed by atoms with van der Waals surface area (Å²) in [6.07, 6.45) is 0. The van der Waals surface area contributed by atoms with Gasteiger partial charge in [0, 0.05) is 28.7 Å². The number of carbonyl (C=O) groups is 2. The van der Waals surface area contributed by atoms with Gasteiger partial charge in [-0.15, -0.1) is 0 Å². The molecule has 0 unspecified atom stereocenters. The molecular formula is C31H37Cl2N3O7S. The average Bonchev–Trinajstić information content (AvgIpc) is 2.98. The molecule has 0 aliphatic rings. The molecule has 3 aromatic rings. The first-order valence-corrected chi connectivity index (χ1v) is 16.0. The highest BCUT2D eigenvalue weighted by Crippen LogP contribution is 2.33. The van der Waals surface area contributed by atoms with E-state index in [-0.39, 0.29) is 28.9 Å². The number of anilines is 1. The van der Waals surface area contributed by atoms with Gasteiger partial charge in [-0.2, -0.15) is 0 Å². The van der Waals surface area contributed by atoms with Crippen molar-refractivity contribution in [2.75, 3.05) is 31.7 Å². The Hall–Kier alpha value is -3.67. The number of nitrogens with one attached hydrogen (secondary N) is 1. The fourth-order valence-corrected chi connectivity index (χ4v) is 6.23. The van der Waals surface area contributed by atoms with E-state index in [1.54, 1.807) is 57.2 Å². The smallest absolute Gasteiger partial charge is 0.264 e. The van der Waals surface area contributed by atoms with Crippen LogP contribution in [0.15, 0.2) is 65.6 Å². The van der Waals surface area contributed by atoms with Crippen molar-refractivity contribution in [1.82, 2.24) is 10.2 Å². The monoisotopic (exact) mass is 665 g/mol. The zero-order chi connectivity index (χ0) is 32.6. The van der Waals surface area contributed by atoms with Gasteiger partial charge in [-0.25, -0.2) is 8.42 Å². The maximum absolute atomic E-state index is 14.2. The normalized spacial score (nSPS) is 11.9. The van der Waals surface area contributed by atoms with Crippen molar-refractivity contribution in [3.05, 3.63) is 76.3 Å². The van der Waals surface area contributed by atoms with Crippen LogP contribution in [0, 0.1) is 0 Å². The van der Waals surface area contributed by atoms with E-state index in [1.165, 1.54) is 43.4 Å². The van der Waals surface area contributed by atoms with Gasteiger partial charge in [0.1, 0.15) is 18.3 Å². The number of methoxy groups -OCH3 is 2. The van der Waals surface area contributed by atoms with Crippen LogP contribution in [0.1, 0.15) is 33.3 Å². The number of hydrogen-bond donors (Lipinski definition) is 1. The van der Waals surface area contributed by atoms with E-state index in [0.717, 1.165) is 4.31 Å². The van der Waals surface area contributed by atoms with E-state index in [4.69, 9.17) is 37.4 Å². The Morgan fingerprint density at radius 1 is 0.909 bits per heavy atom. The quantitative estimate of drug-likeness (QED) is 0.240. The van der Waals surface area contributed by atoms with E-state index < -0.39 is 34.4 Å². The van der Waals surface area contributed by atoms with Crippen molar-refractivity contribution in [3.8, 4) is 17.2 Å².